The maximum Gasteiger partial charge on any atom is 0.313 e. The number of amides is 2. The van der Waals surface area contributed by atoms with Gasteiger partial charge in [-0.15, -0.1) is 0 Å². The highest BCUT2D eigenvalue weighted by molar-refractivity contribution is 6.39. The van der Waals surface area contributed by atoms with Crippen LogP contribution in [0.4, 0.5) is 14.5 Å². The van der Waals surface area contributed by atoms with Crippen molar-refractivity contribution in [1.29, 1.82) is 0 Å². The van der Waals surface area contributed by atoms with Crippen LogP contribution < -0.4 is 10.6 Å². The summed E-state index contributed by atoms with van der Waals surface area (Å²) in [5, 5.41) is 14.1. The van der Waals surface area contributed by atoms with Crippen molar-refractivity contribution in [2.75, 3.05) is 11.9 Å². The molecule has 1 aromatic carbocycles. The van der Waals surface area contributed by atoms with Gasteiger partial charge in [-0.1, -0.05) is 18.9 Å². The third-order valence-corrected chi connectivity index (χ3v) is 3.80. The zero-order valence-electron chi connectivity index (χ0n) is 11.9. The molecule has 0 aliphatic heterocycles. The van der Waals surface area contributed by atoms with E-state index in [0.717, 1.165) is 37.5 Å². The van der Waals surface area contributed by atoms with Gasteiger partial charge in [0.25, 0.3) is 0 Å². The summed E-state index contributed by atoms with van der Waals surface area (Å²) in [6, 6.07) is 3.12. The van der Waals surface area contributed by atoms with E-state index in [-0.39, 0.29) is 12.5 Å². The van der Waals surface area contributed by atoms with Crippen LogP contribution in [-0.2, 0) is 9.59 Å². The molecule has 1 aromatic rings. The molecule has 120 valence electrons. The number of para-hydroxylation sites is 1. The van der Waals surface area contributed by atoms with E-state index in [9.17, 15) is 23.5 Å². The number of rotatable bonds is 3. The minimum absolute atomic E-state index is 0.101. The van der Waals surface area contributed by atoms with Crippen LogP contribution in [0, 0.1) is 17.6 Å². The molecular weight excluding hydrogens is 294 g/mol. The Labute approximate surface area is 126 Å². The molecule has 2 amide bonds. The molecule has 1 aliphatic carbocycles. The molecule has 1 aliphatic rings. The smallest absolute Gasteiger partial charge is 0.313 e. The quantitative estimate of drug-likeness (QED) is 0.741. The molecule has 0 unspecified atom stereocenters. The average Bonchev–Trinajstić information content (AvgIpc) is 2.49. The summed E-state index contributed by atoms with van der Waals surface area (Å²) in [7, 11) is 0. The van der Waals surface area contributed by atoms with E-state index in [1.807, 2.05) is 5.32 Å². The van der Waals surface area contributed by atoms with E-state index in [0.29, 0.717) is 6.42 Å². The van der Waals surface area contributed by atoms with Crippen molar-refractivity contribution in [2.24, 2.45) is 5.92 Å². The summed E-state index contributed by atoms with van der Waals surface area (Å²) in [5.41, 5.74) is -0.652. The number of hydrogen-bond acceptors (Lipinski definition) is 3. The Hall–Kier alpha value is -2.02. The number of halogens is 2. The number of hydrogen-bond donors (Lipinski definition) is 3. The summed E-state index contributed by atoms with van der Waals surface area (Å²) >= 11 is 0. The fourth-order valence-electron chi connectivity index (χ4n) is 2.52. The normalized spacial score (nSPS) is 21.2. The molecule has 3 N–H and O–H groups in total. The first-order chi connectivity index (χ1) is 10.5. The number of nitrogens with one attached hydrogen (secondary N) is 2. The van der Waals surface area contributed by atoms with Gasteiger partial charge in [-0.25, -0.2) is 8.78 Å². The van der Waals surface area contributed by atoms with Crippen molar-refractivity contribution in [1.82, 2.24) is 5.32 Å². The fourth-order valence-corrected chi connectivity index (χ4v) is 2.52. The lowest BCUT2D eigenvalue weighted by molar-refractivity contribution is -0.136. The van der Waals surface area contributed by atoms with Gasteiger partial charge in [-0.05, 0) is 25.0 Å². The van der Waals surface area contributed by atoms with E-state index in [1.54, 1.807) is 0 Å². The highest BCUT2D eigenvalue weighted by Gasteiger charge is 2.25. The van der Waals surface area contributed by atoms with Crippen LogP contribution >= 0.6 is 0 Å². The predicted molar refractivity (Wildman–Crippen MR) is 76.0 cm³/mol. The van der Waals surface area contributed by atoms with Gasteiger partial charge in [0.2, 0.25) is 0 Å². The molecule has 5 nitrogen and oxygen atoms in total. The number of aliphatic hydroxyl groups is 1. The minimum atomic E-state index is -1.14. The summed E-state index contributed by atoms with van der Waals surface area (Å²) in [6.45, 7) is 0.160. The summed E-state index contributed by atoms with van der Waals surface area (Å²) in [5.74, 6) is -4.14. The second-order valence-electron chi connectivity index (χ2n) is 5.37. The van der Waals surface area contributed by atoms with Crippen LogP contribution in [0.2, 0.25) is 0 Å². The maximum atomic E-state index is 13.4. The molecule has 2 rings (SSSR count). The lowest BCUT2D eigenvalue weighted by Gasteiger charge is -2.27. The third kappa shape index (κ3) is 4.00. The zero-order valence-corrected chi connectivity index (χ0v) is 11.9. The summed E-state index contributed by atoms with van der Waals surface area (Å²) in [6.07, 6.45) is 2.85. The molecule has 1 saturated carbocycles. The van der Waals surface area contributed by atoms with Crippen LogP contribution in [0.25, 0.3) is 0 Å². The molecule has 0 spiro atoms. The first-order valence-corrected chi connectivity index (χ1v) is 7.20. The fraction of sp³-hybridized carbons (Fsp3) is 0.467. The first kappa shape index (κ1) is 16.4. The van der Waals surface area contributed by atoms with Crippen molar-refractivity contribution in [2.45, 2.75) is 31.8 Å². The van der Waals surface area contributed by atoms with Crippen LogP contribution in [0.5, 0.6) is 0 Å². The Morgan fingerprint density at radius 1 is 1.14 bits per heavy atom. The Balaban J connectivity index is 1.88. The molecule has 22 heavy (non-hydrogen) atoms. The monoisotopic (exact) mass is 312 g/mol. The lowest BCUT2D eigenvalue weighted by atomic mass is 9.86. The summed E-state index contributed by atoms with van der Waals surface area (Å²) in [4.78, 5) is 23.3. The topological polar surface area (TPSA) is 78.4 Å². The number of carbonyl (C=O) groups is 2. The molecule has 7 heteroatoms. The highest BCUT2D eigenvalue weighted by atomic mass is 19.1. The van der Waals surface area contributed by atoms with Crippen molar-refractivity contribution in [3.05, 3.63) is 29.8 Å². The van der Waals surface area contributed by atoms with Gasteiger partial charge in [-0.2, -0.15) is 0 Å². The van der Waals surface area contributed by atoms with Gasteiger partial charge >= 0.3 is 11.8 Å². The van der Waals surface area contributed by atoms with Gasteiger partial charge in [-0.3, -0.25) is 9.59 Å². The van der Waals surface area contributed by atoms with Crippen molar-refractivity contribution in [3.63, 3.8) is 0 Å². The van der Waals surface area contributed by atoms with Crippen LogP contribution in [0.1, 0.15) is 25.7 Å². The molecular formula is C15H18F2N2O3. The van der Waals surface area contributed by atoms with E-state index >= 15 is 0 Å². The number of anilines is 1. The van der Waals surface area contributed by atoms with Crippen molar-refractivity contribution in [3.8, 4) is 0 Å². The first-order valence-electron chi connectivity index (χ1n) is 7.20. The van der Waals surface area contributed by atoms with Gasteiger partial charge in [0.05, 0.1) is 6.10 Å². The molecule has 2 atom stereocenters. The second-order valence-corrected chi connectivity index (χ2v) is 5.37. The van der Waals surface area contributed by atoms with E-state index in [4.69, 9.17) is 0 Å². The van der Waals surface area contributed by atoms with Crippen LogP contribution in [-0.4, -0.2) is 29.6 Å². The third-order valence-electron chi connectivity index (χ3n) is 3.80. The zero-order chi connectivity index (χ0) is 16.1. The summed E-state index contributed by atoms with van der Waals surface area (Å²) < 4.78 is 26.8. The maximum absolute atomic E-state index is 13.4. The molecule has 0 radical (unpaired) electrons. The molecule has 0 heterocycles. The van der Waals surface area contributed by atoms with E-state index in [2.05, 4.69) is 5.32 Å². The minimum Gasteiger partial charge on any atom is -0.393 e. The number of aliphatic hydroxyl groups excluding tert-OH is 1. The lowest BCUT2D eigenvalue weighted by Crippen LogP contribution is -2.41. The van der Waals surface area contributed by atoms with Crippen molar-refractivity contribution >= 4 is 17.5 Å². The molecule has 0 aromatic heterocycles. The average molecular weight is 312 g/mol. The number of benzene rings is 1. The van der Waals surface area contributed by atoms with E-state index in [1.165, 1.54) is 0 Å². The predicted octanol–water partition coefficient (Wildman–Crippen LogP) is 1.57. The Morgan fingerprint density at radius 3 is 2.41 bits per heavy atom. The standard InChI is InChI=1S/C15H18F2N2O3/c16-10-5-3-6-11(17)13(10)19-15(22)14(21)18-8-9-4-1-2-7-12(9)20/h3,5-6,9,12,20H,1-2,4,7-8H2,(H,18,21)(H,19,22)/t9-,12-/m1/s1. The SMILES string of the molecule is O=C(NC[C@H]1CCCC[C@H]1O)C(=O)Nc1c(F)cccc1F. The number of carbonyl (C=O) groups excluding carboxylic acids is 2. The van der Waals surface area contributed by atoms with Crippen LogP contribution in [0.15, 0.2) is 18.2 Å². The van der Waals surface area contributed by atoms with Crippen molar-refractivity contribution < 1.29 is 23.5 Å². The van der Waals surface area contributed by atoms with Gasteiger partial charge in [0.1, 0.15) is 17.3 Å². The largest absolute Gasteiger partial charge is 0.393 e. The molecule has 0 bridgehead atoms. The van der Waals surface area contributed by atoms with E-state index < -0.39 is 35.2 Å². The van der Waals surface area contributed by atoms with Gasteiger partial charge < -0.3 is 15.7 Å². The second kappa shape index (κ2) is 7.31. The van der Waals surface area contributed by atoms with Gasteiger partial charge in [0.15, 0.2) is 0 Å². The highest BCUT2D eigenvalue weighted by Crippen LogP contribution is 2.23. The Bertz CT molecular complexity index is 545. The Morgan fingerprint density at radius 2 is 1.77 bits per heavy atom. The molecule has 0 saturated heterocycles. The van der Waals surface area contributed by atoms with Gasteiger partial charge in [0, 0.05) is 12.5 Å². The Kier molecular flexibility index (Phi) is 5.43. The molecule has 1 fully saturated rings. The van der Waals surface area contributed by atoms with Crippen LogP contribution in [0.3, 0.4) is 0 Å².